The largest absolute Gasteiger partial charge is 0.309 e. The highest BCUT2D eigenvalue weighted by atomic mass is 15.3. The van der Waals surface area contributed by atoms with Gasteiger partial charge in [0, 0.05) is 38.8 Å². The molecule has 0 bridgehead atoms. The second-order valence-electron chi connectivity index (χ2n) is 6.54. The first-order chi connectivity index (χ1) is 10.1. The van der Waals surface area contributed by atoms with Gasteiger partial charge in [-0.15, -0.1) is 0 Å². The fraction of sp³-hybridized carbons (Fsp3) is 0.667. The number of benzene rings is 1. The number of nitrogens with one attached hydrogen (secondary N) is 1. The third-order valence-corrected chi connectivity index (χ3v) is 4.49. The van der Waals surface area contributed by atoms with Gasteiger partial charge in [-0.3, -0.25) is 4.90 Å². The van der Waals surface area contributed by atoms with Gasteiger partial charge in [-0.1, -0.05) is 45.0 Å². The summed E-state index contributed by atoms with van der Waals surface area (Å²) in [5, 5.41) is 3.65. The number of nitrogens with zero attached hydrogens (tertiary/aromatic N) is 2. The summed E-state index contributed by atoms with van der Waals surface area (Å²) in [6.07, 6.45) is 0. The van der Waals surface area contributed by atoms with Crippen LogP contribution < -0.4 is 5.32 Å². The number of hydrogen-bond donors (Lipinski definition) is 1. The lowest BCUT2D eigenvalue weighted by Crippen LogP contribution is -2.47. The van der Waals surface area contributed by atoms with Crippen molar-refractivity contribution >= 4 is 0 Å². The van der Waals surface area contributed by atoms with Gasteiger partial charge >= 0.3 is 0 Å². The average molecular weight is 289 g/mol. The summed E-state index contributed by atoms with van der Waals surface area (Å²) in [5.74, 6) is 0.606. The van der Waals surface area contributed by atoms with Crippen LogP contribution in [0.5, 0.6) is 0 Å². The molecule has 1 N–H and O–H groups in total. The number of likely N-dealkylation sites (N-methyl/N-ethyl adjacent to an activating group) is 2. The van der Waals surface area contributed by atoms with Gasteiger partial charge in [-0.2, -0.15) is 0 Å². The van der Waals surface area contributed by atoms with Crippen molar-refractivity contribution in [3.05, 3.63) is 35.4 Å². The maximum absolute atomic E-state index is 3.65. The van der Waals surface area contributed by atoms with Crippen molar-refractivity contribution in [3.63, 3.8) is 0 Å². The van der Waals surface area contributed by atoms with E-state index in [0.717, 1.165) is 13.1 Å². The van der Waals surface area contributed by atoms with Crippen LogP contribution in [0.4, 0.5) is 0 Å². The van der Waals surface area contributed by atoms with Crippen molar-refractivity contribution in [1.29, 1.82) is 0 Å². The highest BCUT2D eigenvalue weighted by molar-refractivity contribution is 5.27. The Hall–Kier alpha value is -0.900. The average Bonchev–Trinajstić information content (AvgIpc) is 2.49. The Morgan fingerprint density at radius 2 is 1.57 bits per heavy atom. The van der Waals surface area contributed by atoms with E-state index in [1.165, 1.54) is 37.3 Å². The zero-order valence-corrected chi connectivity index (χ0v) is 14.1. The zero-order chi connectivity index (χ0) is 15.2. The van der Waals surface area contributed by atoms with Crippen LogP contribution in [0.1, 0.15) is 43.9 Å². The van der Waals surface area contributed by atoms with E-state index < -0.39 is 0 Å². The molecule has 1 aromatic carbocycles. The summed E-state index contributed by atoms with van der Waals surface area (Å²) in [5.41, 5.74) is 2.84. The molecule has 21 heavy (non-hydrogen) atoms. The van der Waals surface area contributed by atoms with Crippen molar-refractivity contribution < 1.29 is 0 Å². The summed E-state index contributed by atoms with van der Waals surface area (Å²) in [4.78, 5) is 5.00. The minimum absolute atomic E-state index is 0.444. The fourth-order valence-electron chi connectivity index (χ4n) is 2.94. The van der Waals surface area contributed by atoms with Crippen molar-refractivity contribution in [2.24, 2.45) is 0 Å². The predicted octanol–water partition coefficient (Wildman–Crippen LogP) is 2.71. The first kappa shape index (κ1) is 16.5. The third-order valence-electron chi connectivity index (χ3n) is 4.49. The Labute approximate surface area is 130 Å². The van der Waals surface area contributed by atoms with Gasteiger partial charge in [-0.05, 0) is 30.6 Å². The van der Waals surface area contributed by atoms with E-state index in [0.29, 0.717) is 12.0 Å². The van der Waals surface area contributed by atoms with Crippen LogP contribution in [-0.4, -0.2) is 56.1 Å². The first-order valence-corrected chi connectivity index (χ1v) is 8.34. The molecule has 0 amide bonds. The molecular formula is C18H31N3. The molecule has 1 heterocycles. The molecule has 1 aliphatic heterocycles. The lowest BCUT2D eigenvalue weighted by Gasteiger charge is -2.35. The van der Waals surface area contributed by atoms with E-state index in [9.17, 15) is 0 Å². The quantitative estimate of drug-likeness (QED) is 0.869. The van der Waals surface area contributed by atoms with Crippen molar-refractivity contribution in [1.82, 2.24) is 15.1 Å². The number of hydrogen-bond acceptors (Lipinski definition) is 3. The monoisotopic (exact) mass is 289 g/mol. The Balaban J connectivity index is 2.00. The predicted molar refractivity (Wildman–Crippen MR) is 90.9 cm³/mol. The van der Waals surface area contributed by atoms with E-state index >= 15 is 0 Å². The van der Waals surface area contributed by atoms with Crippen LogP contribution in [0, 0.1) is 0 Å². The standard InChI is InChI=1S/C18H31N3/c1-5-19-18(14-21-12-10-20(4)11-13-21)17-8-6-16(7-9-17)15(2)3/h6-9,15,18-19H,5,10-14H2,1-4H3. The Morgan fingerprint density at radius 1 is 1.00 bits per heavy atom. The lowest BCUT2D eigenvalue weighted by molar-refractivity contribution is 0.142. The number of rotatable bonds is 6. The second-order valence-corrected chi connectivity index (χ2v) is 6.54. The molecule has 1 atom stereocenters. The summed E-state index contributed by atoms with van der Waals surface area (Å²) in [6, 6.07) is 9.62. The minimum atomic E-state index is 0.444. The van der Waals surface area contributed by atoms with Gasteiger partial charge in [-0.25, -0.2) is 0 Å². The van der Waals surface area contributed by atoms with E-state index in [4.69, 9.17) is 0 Å². The summed E-state index contributed by atoms with van der Waals surface area (Å²) >= 11 is 0. The third kappa shape index (κ3) is 4.80. The van der Waals surface area contributed by atoms with Crippen LogP contribution in [-0.2, 0) is 0 Å². The van der Waals surface area contributed by atoms with E-state index in [-0.39, 0.29) is 0 Å². The molecule has 0 aromatic heterocycles. The summed E-state index contributed by atoms with van der Waals surface area (Å²) < 4.78 is 0. The lowest BCUT2D eigenvalue weighted by atomic mass is 9.98. The van der Waals surface area contributed by atoms with Crippen LogP contribution in [0.15, 0.2) is 24.3 Å². The highest BCUT2D eigenvalue weighted by Crippen LogP contribution is 2.20. The van der Waals surface area contributed by atoms with Gasteiger partial charge < -0.3 is 10.2 Å². The maximum atomic E-state index is 3.65. The van der Waals surface area contributed by atoms with Gasteiger partial charge in [0.25, 0.3) is 0 Å². The molecule has 1 fully saturated rings. The Morgan fingerprint density at radius 3 is 2.10 bits per heavy atom. The summed E-state index contributed by atoms with van der Waals surface area (Å²) in [6.45, 7) is 13.6. The van der Waals surface area contributed by atoms with Gasteiger partial charge in [0.05, 0.1) is 0 Å². The first-order valence-electron chi connectivity index (χ1n) is 8.34. The molecule has 0 radical (unpaired) electrons. The normalized spacial score (nSPS) is 19.1. The molecule has 1 saturated heterocycles. The topological polar surface area (TPSA) is 18.5 Å². The van der Waals surface area contributed by atoms with E-state index in [2.05, 4.69) is 67.2 Å². The van der Waals surface area contributed by atoms with Crippen LogP contribution in [0.25, 0.3) is 0 Å². The van der Waals surface area contributed by atoms with Crippen LogP contribution in [0.2, 0.25) is 0 Å². The van der Waals surface area contributed by atoms with E-state index in [1.807, 2.05) is 0 Å². The van der Waals surface area contributed by atoms with Crippen molar-refractivity contribution in [3.8, 4) is 0 Å². The zero-order valence-electron chi connectivity index (χ0n) is 14.1. The Bertz CT molecular complexity index is 405. The van der Waals surface area contributed by atoms with Crippen LogP contribution >= 0.6 is 0 Å². The summed E-state index contributed by atoms with van der Waals surface area (Å²) in [7, 11) is 2.21. The molecule has 0 spiro atoms. The van der Waals surface area contributed by atoms with Crippen LogP contribution in [0.3, 0.4) is 0 Å². The van der Waals surface area contributed by atoms with Crippen molar-refractivity contribution in [2.45, 2.75) is 32.7 Å². The molecule has 2 rings (SSSR count). The SMILES string of the molecule is CCNC(CN1CCN(C)CC1)c1ccc(C(C)C)cc1. The molecule has 3 heteroatoms. The van der Waals surface area contributed by atoms with Gasteiger partial charge in [0.2, 0.25) is 0 Å². The highest BCUT2D eigenvalue weighted by Gasteiger charge is 2.19. The molecular weight excluding hydrogens is 258 g/mol. The molecule has 0 aliphatic carbocycles. The smallest absolute Gasteiger partial charge is 0.0449 e. The molecule has 1 aliphatic rings. The molecule has 118 valence electrons. The molecule has 1 unspecified atom stereocenters. The molecule has 0 saturated carbocycles. The van der Waals surface area contributed by atoms with E-state index in [1.54, 1.807) is 0 Å². The minimum Gasteiger partial charge on any atom is -0.309 e. The fourth-order valence-corrected chi connectivity index (χ4v) is 2.94. The van der Waals surface area contributed by atoms with Crippen molar-refractivity contribution in [2.75, 3.05) is 46.3 Å². The second kappa shape index (κ2) is 7.92. The molecule has 1 aromatic rings. The Kier molecular flexibility index (Phi) is 6.22. The number of piperazine rings is 1. The van der Waals surface area contributed by atoms with Gasteiger partial charge in [0.15, 0.2) is 0 Å². The maximum Gasteiger partial charge on any atom is 0.0449 e. The van der Waals surface area contributed by atoms with Gasteiger partial charge in [0.1, 0.15) is 0 Å². The molecule has 3 nitrogen and oxygen atoms in total.